The van der Waals surface area contributed by atoms with Crippen molar-refractivity contribution >= 4 is 28.9 Å². The Hall–Kier alpha value is -2.07. The summed E-state index contributed by atoms with van der Waals surface area (Å²) >= 11 is 12.3. The van der Waals surface area contributed by atoms with Gasteiger partial charge < -0.3 is 10.1 Å². The summed E-state index contributed by atoms with van der Waals surface area (Å²) in [5, 5.41) is 8.29. The third-order valence-electron chi connectivity index (χ3n) is 3.70. The van der Waals surface area contributed by atoms with Crippen molar-refractivity contribution in [3.63, 3.8) is 0 Å². The smallest absolute Gasteiger partial charge is 0.144 e. The van der Waals surface area contributed by atoms with Gasteiger partial charge in [0.25, 0.3) is 0 Å². The number of nitrogens with one attached hydrogen (secondary N) is 1. The number of rotatable bonds is 3. The Bertz CT molecular complexity index is 803. The molecule has 1 atom stereocenters. The van der Waals surface area contributed by atoms with Crippen molar-refractivity contribution in [2.75, 3.05) is 18.5 Å². The van der Waals surface area contributed by atoms with Crippen LogP contribution in [0.3, 0.4) is 0 Å². The Balaban J connectivity index is 2.07. The summed E-state index contributed by atoms with van der Waals surface area (Å²) in [7, 11) is 0. The first kappa shape index (κ1) is 15.8. The minimum absolute atomic E-state index is 0.0778. The lowest BCUT2D eigenvalue weighted by Gasteiger charge is -2.29. The van der Waals surface area contributed by atoms with E-state index in [-0.39, 0.29) is 6.04 Å². The van der Waals surface area contributed by atoms with Crippen LogP contribution in [0.15, 0.2) is 35.4 Å². The number of fused-ring (bicyclic) bond motifs is 1. The molecule has 0 spiro atoms. The van der Waals surface area contributed by atoms with Crippen LogP contribution in [0.5, 0.6) is 5.75 Å². The average Bonchev–Trinajstić information content (AvgIpc) is 2.52. The van der Waals surface area contributed by atoms with Crippen LogP contribution in [-0.4, -0.2) is 19.2 Å². The number of benzene rings is 2. The van der Waals surface area contributed by atoms with E-state index in [9.17, 15) is 0 Å². The number of azide groups is 1. The fourth-order valence-electron chi connectivity index (χ4n) is 2.66. The van der Waals surface area contributed by atoms with Crippen molar-refractivity contribution in [1.29, 1.82) is 0 Å². The molecule has 23 heavy (non-hydrogen) atoms. The van der Waals surface area contributed by atoms with Gasteiger partial charge in [-0.15, -0.1) is 0 Å². The lowest BCUT2D eigenvalue weighted by molar-refractivity contribution is 0.287. The number of aryl methyl sites for hydroxylation is 1. The fourth-order valence-corrected chi connectivity index (χ4v) is 3.09. The number of hydrogen-bond acceptors (Lipinski definition) is 3. The van der Waals surface area contributed by atoms with Crippen molar-refractivity contribution in [2.45, 2.75) is 13.0 Å². The van der Waals surface area contributed by atoms with Gasteiger partial charge in [0.2, 0.25) is 0 Å². The predicted molar refractivity (Wildman–Crippen MR) is 93.6 cm³/mol. The van der Waals surface area contributed by atoms with E-state index >= 15 is 0 Å². The Morgan fingerprint density at radius 1 is 1.26 bits per heavy atom. The summed E-state index contributed by atoms with van der Waals surface area (Å²) in [5.41, 5.74) is 12.3. The highest BCUT2D eigenvalue weighted by molar-refractivity contribution is 6.31. The first-order valence-corrected chi connectivity index (χ1v) is 7.84. The summed E-state index contributed by atoms with van der Waals surface area (Å²) < 4.78 is 5.78. The molecule has 5 nitrogen and oxygen atoms in total. The SMILES string of the molecule is Cc1cc(Cl)ccc1-c1cc(Cl)cc2c1NC(CN=[N+]=[N-])CO2. The zero-order valence-corrected chi connectivity index (χ0v) is 13.9. The molecule has 1 heterocycles. The third kappa shape index (κ3) is 3.32. The molecule has 3 rings (SSSR count). The summed E-state index contributed by atoms with van der Waals surface area (Å²) in [4.78, 5) is 2.80. The quantitative estimate of drug-likeness (QED) is 0.455. The molecule has 2 aromatic carbocycles. The maximum absolute atomic E-state index is 8.48. The van der Waals surface area contributed by atoms with Crippen LogP contribution in [0.2, 0.25) is 10.0 Å². The van der Waals surface area contributed by atoms with Crippen molar-refractivity contribution in [1.82, 2.24) is 0 Å². The molecule has 1 unspecified atom stereocenters. The fraction of sp³-hybridized carbons (Fsp3) is 0.250. The summed E-state index contributed by atoms with van der Waals surface area (Å²) in [6.07, 6.45) is 0. The van der Waals surface area contributed by atoms with Crippen LogP contribution in [0.4, 0.5) is 5.69 Å². The molecule has 0 amide bonds. The molecule has 1 aliphatic heterocycles. The molecule has 0 bridgehead atoms. The van der Waals surface area contributed by atoms with E-state index in [4.69, 9.17) is 33.5 Å². The average molecular weight is 349 g/mol. The van der Waals surface area contributed by atoms with Gasteiger partial charge in [0.05, 0.1) is 11.7 Å². The number of nitrogens with zero attached hydrogens (tertiary/aromatic N) is 3. The Kier molecular flexibility index (Phi) is 4.53. The van der Waals surface area contributed by atoms with Crippen LogP contribution in [0, 0.1) is 6.92 Å². The monoisotopic (exact) mass is 348 g/mol. The van der Waals surface area contributed by atoms with Gasteiger partial charge >= 0.3 is 0 Å². The predicted octanol–water partition coefficient (Wildman–Crippen LogP) is 5.45. The molecule has 0 saturated heterocycles. The first-order valence-electron chi connectivity index (χ1n) is 7.08. The normalized spacial score (nSPS) is 15.9. The molecule has 118 valence electrons. The van der Waals surface area contributed by atoms with E-state index in [2.05, 4.69) is 15.3 Å². The van der Waals surface area contributed by atoms with E-state index in [1.54, 1.807) is 6.07 Å². The van der Waals surface area contributed by atoms with Gasteiger partial charge in [-0.1, -0.05) is 34.4 Å². The second-order valence-electron chi connectivity index (χ2n) is 5.35. The Morgan fingerprint density at radius 3 is 2.83 bits per heavy atom. The van der Waals surface area contributed by atoms with E-state index in [0.29, 0.717) is 28.9 Å². The number of ether oxygens (including phenoxy) is 1. The van der Waals surface area contributed by atoms with Gasteiger partial charge in [-0.25, -0.2) is 0 Å². The molecule has 0 radical (unpaired) electrons. The van der Waals surface area contributed by atoms with Crippen molar-refractivity contribution in [3.05, 3.63) is 56.4 Å². The minimum atomic E-state index is -0.0778. The third-order valence-corrected chi connectivity index (χ3v) is 4.15. The van der Waals surface area contributed by atoms with E-state index in [0.717, 1.165) is 22.4 Å². The highest BCUT2D eigenvalue weighted by atomic mass is 35.5. The van der Waals surface area contributed by atoms with Gasteiger partial charge in [0, 0.05) is 33.1 Å². The van der Waals surface area contributed by atoms with Crippen molar-refractivity contribution < 1.29 is 4.74 Å². The van der Waals surface area contributed by atoms with Crippen LogP contribution in [0.1, 0.15) is 5.56 Å². The molecular weight excluding hydrogens is 335 g/mol. The molecule has 7 heteroatoms. The van der Waals surface area contributed by atoms with E-state index < -0.39 is 0 Å². The summed E-state index contributed by atoms with van der Waals surface area (Å²) in [6.45, 7) is 2.73. The lowest BCUT2D eigenvalue weighted by Crippen LogP contribution is -2.34. The Morgan fingerprint density at radius 2 is 2.09 bits per heavy atom. The zero-order chi connectivity index (χ0) is 16.4. The maximum atomic E-state index is 8.48. The molecule has 1 aliphatic rings. The lowest BCUT2D eigenvalue weighted by atomic mass is 9.97. The van der Waals surface area contributed by atoms with Gasteiger partial charge in [0.15, 0.2) is 0 Å². The second kappa shape index (κ2) is 6.59. The van der Waals surface area contributed by atoms with Gasteiger partial charge in [0.1, 0.15) is 12.4 Å². The second-order valence-corrected chi connectivity index (χ2v) is 6.22. The standard InChI is InChI=1S/C16H14Cl2N4O/c1-9-4-10(17)2-3-13(9)14-5-11(18)6-15-16(14)21-12(8-23-15)7-20-22-19/h2-6,12,21H,7-8H2,1H3. The van der Waals surface area contributed by atoms with Gasteiger partial charge in [-0.2, -0.15) is 0 Å². The molecule has 0 aromatic heterocycles. The number of halogens is 2. The Labute approximate surface area is 143 Å². The van der Waals surface area contributed by atoms with Crippen LogP contribution in [0.25, 0.3) is 21.6 Å². The zero-order valence-electron chi connectivity index (χ0n) is 12.4. The topological polar surface area (TPSA) is 70.0 Å². The molecule has 0 aliphatic carbocycles. The summed E-state index contributed by atoms with van der Waals surface area (Å²) in [6, 6.07) is 9.31. The highest BCUT2D eigenvalue weighted by Gasteiger charge is 2.23. The van der Waals surface area contributed by atoms with Crippen molar-refractivity contribution in [3.8, 4) is 16.9 Å². The first-order chi connectivity index (χ1) is 11.1. The van der Waals surface area contributed by atoms with E-state index in [1.165, 1.54) is 0 Å². The van der Waals surface area contributed by atoms with Gasteiger partial charge in [-0.3, -0.25) is 0 Å². The molecular formula is C16H14Cl2N4O. The number of anilines is 1. The van der Waals surface area contributed by atoms with Crippen LogP contribution >= 0.6 is 23.2 Å². The molecule has 2 aromatic rings. The highest BCUT2D eigenvalue weighted by Crippen LogP contribution is 2.42. The molecule has 0 fully saturated rings. The summed E-state index contributed by atoms with van der Waals surface area (Å²) in [5.74, 6) is 0.694. The van der Waals surface area contributed by atoms with Gasteiger partial charge in [-0.05, 0) is 41.8 Å². The largest absolute Gasteiger partial charge is 0.489 e. The van der Waals surface area contributed by atoms with Crippen LogP contribution in [-0.2, 0) is 0 Å². The maximum Gasteiger partial charge on any atom is 0.144 e. The molecule has 0 saturated carbocycles. The minimum Gasteiger partial charge on any atom is -0.489 e. The molecule has 1 N–H and O–H groups in total. The van der Waals surface area contributed by atoms with Crippen molar-refractivity contribution in [2.24, 2.45) is 5.11 Å². The number of hydrogen-bond donors (Lipinski definition) is 1. The van der Waals surface area contributed by atoms with Crippen LogP contribution < -0.4 is 10.1 Å². The van der Waals surface area contributed by atoms with E-state index in [1.807, 2.05) is 31.2 Å².